The van der Waals surface area contributed by atoms with Crippen molar-refractivity contribution in [3.63, 3.8) is 0 Å². The number of nitrogens with one attached hydrogen (secondary N) is 1. The molecule has 0 radical (unpaired) electrons. The molecule has 2 amide bonds. The molecule has 1 fully saturated rings. The first-order valence-electron chi connectivity index (χ1n) is 9.05. The number of carbonyl (C=O) groups excluding carboxylic acids is 2. The van der Waals surface area contributed by atoms with Crippen LogP contribution in [0.25, 0.3) is 0 Å². The van der Waals surface area contributed by atoms with Gasteiger partial charge in [0, 0.05) is 19.6 Å². The molecule has 4 nitrogen and oxygen atoms in total. The summed E-state index contributed by atoms with van der Waals surface area (Å²) in [5.41, 5.74) is -0.107. The number of likely N-dealkylation sites (tertiary alicyclic amines) is 1. The van der Waals surface area contributed by atoms with Crippen LogP contribution in [-0.2, 0) is 4.79 Å². The molecule has 1 atom stereocenters. The van der Waals surface area contributed by atoms with Crippen LogP contribution in [0.1, 0.15) is 55.8 Å². The Labute approximate surface area is 153 Å². The minimum Gasteiger partial charge on any atom is -0.356 e. The lowest BCUT2D eigenvalue weighted by molar-refractivity contribution is -0.126. The van der Waals surface area contributed by atoms with Gasteiger partial charge in [-0.1, -0.05) is 43.9 Å². The minimum atomic E-state index is -0.625. The van der Waals surface area contributed by atoms with Crippen LogP contribution >= 0.6 is 11.6 Å². The average Bonchev–Trinajstić information content (AvgIpc) is 2.61. The largest absolute Gasteiger partial charge is 0.356 e. The quantitative estimate of drug-likeness (QED) is 0.739. The predicted molar refractivity (Wildman–Crippen MR) is 97.2 cm³/mol. The number of benzene rings is 1. The number of rotatable bonds is 7. The normalized spacial score (nSPS) is 17.4. The van der Waals surface area contributed by atoms with E-state index in [0.717, 1.165) is 32.1 Å². The van der Waals surface area contributed by atoms with Gasteiger partial charge in [-0.3, -0.25) is 9.59 Å². The Bertz CT molecular complexity index is 589. The summed E-state index contributed by atoms with van der Waals surface area (Å²) >= 11 is 5.99. The van der Waals surface area contributed by atoms with Crippen molar-refractivity contribution in [1.29, 1.82) is 0 Å². The second-order valence-electron chi connectivity index (χ2n) is 6.54. The van der Waals surface area contributed by atoms with E-state index in [0.29, 0.717) is 19.6 Å². The molecule has 0 saturated carbocycles. The second-order valence-corrected chi connectivity index (χ2v) is 6.95. The van der Waals surface area contributed by atoms with E-state index in [2.05, 4.69) is 12.2 Å². The van der Waals surface area contributed by atoms with Gasteiger partial charge in [0.05, 0.1) is 16.5 Å². The van der Waals surface area contributed by atoms with Crippen molar-refractivity contribution in [2.24, 2.45) is 5.92 Å². The van der Waals surface area contributed by atoms with Crippen molar-refractivity contribution < 1.29 is 14.0 Å². The number of hydrogen-bond donors (Lipinski definition) is 1. The molecule has 1 N–H and O–H groups in total. The van der Waals surface area contributed by atoms with Crippen LogP contribution in [-0.4, -0.2) is 36.3 Å². The number of carbonyl (C=O) groups is 2. The Hall–Kier alpha value is -1.62. The maximum atomic E-state index is 14.0. The summed E-state index contributed by atoms with van der Waals surface area (Å²) in [4.78, 5) is 26.5. The van der Waals surface area contributed by atoms with E-state index in [1.807, 2.05) is 0 Å². The van der Waals surface area contributed by atoms with Crippen LogP contribution in [0.3, 0.4) is 0 Å². The van der Waals surface area contributed by atoms with Crippen molar-refractivity contribution in [3.8, 4) is 0 Å². The number of hydrogen-bond acceptors (Lipinski definition) is 2. The molecule has 2 rings (SSSR count). The lowest BCUT2D eigenvalue weighted by Crippen LogP contribution is -2.45. The third-order valence-corrected chi connectivity index (χ3v) is 4.90. The number of piperidine rings is 1. The number of unbranched alkanes of at least 4 members (excludes halogenated alkanes) is 3. The van der Waals surface area contributed by atoms with E-state index in [1.54, 1.807) is 0 Å². The van der Waals surface area contributed by atoms with Crippen molar-refractivity contribution in [1.82, 2.24) is 10.2 Å². The van der Waals surface area contributed by atoms with Crippen molar-refractivity contribution in [2.75, 3.05) is 19.6 Å². The maximum absolute atomic E-state index is 14.0. The smallest absolute Gasteiger partial charge is 0.258 e. The summed E-state index contributed by atoms with van der Waals surface area (Å²) in [7, 11) is 0. The molecular formula is C19H26ClFN2O2. The Morgan fingerprint density at radius 1 is 1.32 bits per heavy atom. The second kappa shape index (κ2) is 9.76. The molecule has 1 saturated heterocycles. The summed E-state index contributed by atoms with van der Waals surface area (Å²) in [6.45, 7) is 3.64. The van der Waals surface area contributed by atoms with Crippen LogP contribution < -0.4 is 5.32 Å². The molecule has 1 aliphatic rings. The van der Waals surface area contributed by atoms with Crippen LogP contribution in [0.4, 0.5) is 4.39 Å². The van der Waals surface area contributed by atoms with Crippen molar-refractivity contribution in [2.45, 2.75) is 45.4 Å². The molecule has 0 bridgehead atoms. The van der Waals surface area contributed by atoms with E-state index in [9.17, 15) is 14.0 Å². The fourth-order valence-electron chi connectivity index (χ4n) is 3.14. The molecule has 1 aromatic carbocycles. The highest BCUT2D eigenvalue weighted by Crippen LogP contribution is 2.24. The van der Waals surface area contributed by atoms with Crippen LogP contribution in [0.15, 0.2) is 18.2 Å². The number of amides is 2. The highest BCUT2D eigenvalue weighted by Gasteiger charge is 2.30. The summed E-state index contributed by atoms with van der Waals surface area (Å²) in [6, 6.07) is 4.20. The zero-order chi connectivity index (χ0) is 18.2. The third kappa shape index (κ3) is 5.43. The molecule has 1 unspecified atom stereocenters. The van der Waals surface area contributed by atoms with Gasteiger partial charge in [0.1, 0.15) is 5.82 Å². The van der Waals surface area contributed by atoms with Gasteiger partial charge < -0.3 is 10.2 Å². The van der Waals surface area contributed by atoms with E-state index in [1.165, 1.54) is 29.5 Å². The van der Waals surface area contributed by atoms with Gasteiger partial charge in [0.25, 0.3) is 5.91 Å². The van der Waals surface area contributed by atoms with Crippen LogP contribution in [0.2, 0.25) is 5.02 Å². The zero-order valence-corrected chi connectivity index (χ0v) is 15.4. The first-order chi connectivity index (χ1) is 12.0. The summed E-state index contributed by atoms with van der Waals surface area (Å²) < 4.78 is 14.0. The molecule has 6 heteroatoms. The van der Waals surface area contributed by atoms with E-state index < -0.39 is 11.7 Å². The minimum absolute atomic E-state index is 0.0198. The van der Waals surface area contributed by atoms with Gasteiger partial charge in [-0.2, -0.15) is 0 Å². The predicted octanol–water partition coefficient (Wildman–Crippen LogP) is 4.03. The number of halogens is 2. The van der Waals surface area contributed by atoms with Crippen molar-refractivity contribution >= 4 is 23.4 Å². The summed E-state index contributed by atoms with van der Waals surface area (Å²) in [6.07, 6.45) is 5.89. The standard InChI is InChI=1S/C19H26ClFN2O2/c1-2-3-4-5-11-22-18(24)14-8-7-12-23(13-14)19(25)17-15(20)9-6-10-16(17)21/h6,9-10,14H,2-5,7-8,11-13H2,1H3,(H,22,24). The monoisotopic (exact) mass is 368 g/mol. The Morgan fingerprint density at radius 3 is 2.84 bits per heavy atom. The molecular weight excluding hydrogens is 343 g/mol. The van der Waals surface area contributed by atoms with Crippen LogP contribution in [0.5, 0.6) is 0 Å². The molecule has 1 aromatic rings. The van der Waals surface area contributed by atoms with Gasteiger partial charge in [0.2, 0.25) is 5.91 Å². The SMILES string of the molecule is CCCCCCNC(=O)C1CCCN(C(=O)c2c(F)cccc2Cl)C1. The molecule has 0 aromatic heterocycles. The molecule has 1 heterocycles. The fourth-order valence-corrected chi connectivity index (χ4v) is 3.39. The first-order valence-corrected chi connectivity index (χ1v) is 9.43. The Kier molecular flexibility index (Phi) is 7.69. The van der Waals surface area contributed by atoms with E-state index in [-0.39, 0.29) is 22.4 Å². The highest BCUT2D eigenvalue weighted by atomic mass is 35.5. The average molecular weight is 369 g/mol. The lowest BCUT2D eigenvalue weighted by Gasteiger charge is -2.32. The molecule has 25 heavy (non-hydrogen) atoms. The molecule has 138 valence electrons. The van der Waals surface area contributed by atoms with Crippen molar-refractivity contribution in [3.05, 3.63) is 34.6 Å². The Morgan fingerprint density at radius 2 is 2.12 bits per heavy atom. The third-order valence-electron chi connectivity index (χ3n) is 4.59. The summed E-state index contributed by atoms with van der Waals surface area (Å²) in [5, 5.41) is 3.06. The topological polar surface area (TPSA) is 49.4 Å². The molecule has 0 aliphatic carbocycles. The zero-order valence-electron chi connectivity index (χ0n) is 14.7. The van der Waals surface area contributed by atoms with Gasteiger partial charge in [0.15, 0.2) is 0 Å². The first kappa shape index (κ1) is 19.7. The highest BCUT2D eigenvalue weighted by molar-refractivity contribution is 6.33. The fraction of sp³-hybridized carbons (Fsp3) is 0.579. The van der Waals surface area contributed by atoms with Gasteiger partial charge in [-0.25, -0.2) is 4.39 Å². The Balaban J connectivity index is 1.92. The van der Waals surface area contributed by atoms with Crippen LogP contribution in [0, 0.1) is 11.7 Å². The number of nitrogens with zero attached hydrogens (tertiary/aromatic N) is 1. The van der Waals surface area contributed by atoms with E-state index in [4.69, 9.17) is 11.6 Å². The lowest BCUT2D eigenvalue weighted by atomic mass is 9.96. The maximum Gasteiger partial charge on any atom is 0.258 e. The van der Waals surface area contributed by atoms with Gasteiger partial charge in [-0.15, -0.1) is 0 Å². The van der Waals surface area contributed by atoms with Gasteiger partial charge >= 0.3 is 0 Å². The molecule has 0 spiro atoms. The van der Waals surface area contributed by atoms with Gasteiger partial charge in [-0.05, 0) is 31.4 Å². The van der Waals surface area contributed by atoms with E-state index >= 15 is 0 Å². The summed E-state index contributed by atoms with van der Waals surface area (Å²) in [5.74, 6) is -1.33. The molecule has 1 aliphatic heterocycles.